The van der Waals surface area contributed by atoms with E-state index in [1.807, 2.05) is 24.3 Å². The Kier molecular flexibility index (Phi) is 6.23. The number of hydrogen-bond donors (Lipinski definition) is 0. The van der Waals surface area contributed by atoms with Gasteiger partial charge in [0.15, 0.2) is 11.5 Å². The van der Waals surface area contributed by atoms with Crippen LogP contribution in [-0.2, 0) is 13.1 Å². The molecule has 0 N–H and O–H groups in total. The maximum atomic E-state index is 13.3. The topological polar surface area (TPSA) is 59.5 Å². The van der Waals surface area contributed by atoms with Crippen LogP contribution in [0.25, 0.3) is 11.3 Å². The van der Waals surface area contributed by atoms with Gasteiger partial charge in [0.2, 0.25) is 0 Å². The summed E-state index contributed by atoms with van der Waals surface area (Å²) in [5.41, 5.74) is 3.34. The SMILES string of the molecule is CC(C)c1ccc(CN(Cc2ccco2)C(=O)c2cc(-c3ccc(Cl)cc3)on2)cc1. The number of carbonyl (C=O) groups is 1. The predicted octanol–water partition coefficient (Wildman–Crippen LogP) is 6.55. The van der Waals surface area contributed by atoms with Crippen LogP contribution >= 0.6 is 11.6 Å². The summed E-state index contributed by atoms with van der Waals surface area (Å²) in [4.78, 5) is 15.0. The van der Waals surface area contributed by atoms with Gasteiger partial charge in [0.1, 0.15) is 5.76 Å². The first-order valence-corrected chi connectivity index (χ1v) is 10.5. The van der Waals surface area contributed by atoms with Crippen LogP contribution in [0.15, 0.2) is 81.9 Å². The number of rotatable bonds is 7. The van der Waals surface area contributed by atoms with E-state index in [0.29, 0.717) is 35.6 Å². The lowest BCUT2D eigenvalue weighted by atomic mass is 10.0. The van der Waals surface area contributed by atoms with E-state index in [1.54, 1.807) is 29.4 Å². The first-order chi connectivity index (χ1) is 15.0. The Balaban J connectivity index is 1.57. The van der Waals surface area contributed by atoms with Crippen molar-refractivity contribution in [1.29, 1.82) is 0 Å². The number of benzene rings is 2. The van der Waals surface area contributed by atoms with Gasteiger partial charge in [-0.2, -0.15) is 0 Å². The summed E-state index contributed by atoms with van der Waals surface area (Å²) >= 11 is 5.95. The summed E-state index contributed by atoms with van der Waals surface area (Å²) in [6.45, 7) is 5.08. The number of carbonyl (C=O) groups excluding carboxylic acids is 1. The van der Waals surface area contributed by atoms with Gasteiger partial charge in [-0.15, -0.1) is 0 Å². The highest BCUT2D eigenvalue weighted by Crippen LogP contribution is 2.24. The second kappa shape index (κ2) is 9.23. The highest BCUT2D eigenvalue weighted by Gasteiger charge is 2.22. The van der Waals surface area contributed by atoms with Crippen LogP contribution in [0.3, 0.4) is 0 Å². The largest absolute Gasteiger partial charge is 0.467 e. The summed E-state index contributed by atoms with van der Waals surface area (Å²) in [7, 11) is 0. The summed E-state index contributed by atoms with van der Waals surface area (Å²) in [5.74, 6) is 1.44. The molecule has 0 unspecified atom stereocenters. The molecule has 4 rings (SSSR count). The van der Waals surface area contributed by atoms with Gasteiger partial charge in [-0.1, -0.05) is 54.9 Å². The fourth-order valence-corrected chi connectivity index (χ4v) is 3.43. The minimum absolute atomic E-state index is 0.228. The van der Waals surface area contributed by atoms with Crippen molar-refractivity contribution in [2.24, 2.45) is 0 Å². The van der Waals surface area contributed by atoms with Gasteiger partial charge in [-0.3, -0.25) is 4.79 Å². The lowest BCUT2D eigenvalue weighted by Crippen LogP contribution is -2.30. The number of halogens is 1. The van der Waals surface area contributed by atoms with Crippen molar-refractivity contribution in [2.75, 3.05) is 0 Å². The molecular weight excluding hydrogens is 412 g/mol. The zero-order valence-electron chi connectivity index (χ0n) is 17.4. The maximum absolute atomic E-state index is 13.3. The smallest absolute Gasteiger partial charge is 0.276 e. The standard InChI is InChI=1S/C25H23ClN2O3/c1-17(2)19-7-5-18(6-8-19)15-28(16-22-4-3-13-30-22)25(29)23-14-24(31-27-23)20-9-11-21(26)12-10-20/h3-14,17H,15-16H2,1-2H3. The Morgan fingerprint density at radius 1 is 1.03 bits per heavy atom. The number of aromatic nitrogens is 1. The molecule has 0 saturated heterocycles. The Hall–Kier alpha value is -3.31. The summed E-state index contributed by atoms with van der Waals surface area (Å²) < 4.78 is 10.9. The first-order valence-electron chi connectivity index (χ1n) is 10.1. The summed E-state index contributed by atoms with van der Waals surface area (Å²) in [6, 6.07) is 20.8. The molecule has 4 aromatic rings. The minimum atomic E-state index is -0.228. The van der Waals surface area contributed by atoms with Crippen LogP contribution in [0.5, 0.6) is 0 Å². The van der Waals surface area contributed by atoms with E-state index in [1.165, 1.54) is 5.56 Å². The second-order valence-corrected chi connectivity index (χ2v) is 8.16. The van der Waals surface area contributed by atoms with Crippen LogP contribution in [0.2, 0.25) is 5.02 Å². The molecule has 2 aromatic carbocycles. The average molecular weight is 435 g/mol. The van der Waals surface area contributed by atoms with Gasteiger partial charge in [0.05, 0.1) is 12.8 Å². The zero-order valence-corrected chi connectivity index (χ0v) is 18.2. The molecule has 0 aliphatic carbocycles. The molecule has 0 bridgehead atoms. The van der Waals surface area contributed by atoms with E-state index in [0.717, 1.165) is 11.1 Å². The molecule has 31 heavy (non-hydrogen) atoms. The van der Waals surface area contributed by atoms with E-state index in [2.05, 4.69) is 43.3 Å². The Morgan fingerprint density at radius 3 is 2.42 bits per heavy atom. The lowest BCUT2D eigenvalue weighted by molar-refractivity contribution is 0.0707. The quantitative estimate of drug-likeness (QED) is 0.330. The van der Waals surface area contributed by atoms with E-state index < -0.39 is 0 Å². The molecule has 0 spiro atoms. The number of hydrogen-bond acceptors (Lipinski definition) is 4. The van der Waals surface area contributed by atoms with Crippen molar-refractivity contribution in [3.8, 4) is 11.3 Å². The van der Waals surface area contributed by atoms with Gasteiger partial charge < -0.3 is 13.8 Å². The molecule has 0 aliphatic heterocycles. The Bertz CT molecular complexity index is 1130. The molecule has 158 valence electrons. The molecule has 6 heteroatoms. The summed E-state index contributed by atoms with van der Waals surface area (Å²) in [5, 5.41) is 4.65. The second-order valence-electron chi connectivity index (χ2n) is 7.72. The van der Waals surface area contributed by atoms with Crippen molar-refractivity contribution in [3.63, 3.8) is 0 Å². The third kappa shape index (κ3) is 5.06. The molecule has 2 aromatic heterocycles. The van der Waals surface area contributed by atoms with Crippen LogP contribution in [0.1, 0.15) is 47.1 Å². The van der Waals surface area contributed by atoms with Crippen molar-refractivity contribution < 1.29 is 13.7 Å². The van der Waals surface area contributed by atoms with Gasteiger partial charge in [-0.25, -0.2) is 0 Å². The molecule has 5 nitrogen and oxygen atoms in total. The number of amides is 1. The normalized spacial score (nSPS) is 11.1. The molecule has 2 heterocycles. The average Bonchev–Trinajstić information content (AvgIpc) is 3.46. The highest BCUT2D eigenvalue weighted by molar-refractivity contribution is 6.30. The van der Waals surface area contributed by atoms with Crippen molar-refractivity contribution >= 4 is 17.5 Å². The van der Waals surface area contributed by atoms with E-state index >= 15 is 0 Å². The fourth-order valence-electron chi connectivity index (χ4n) is 3.31. The third-order valence-corrected chi connectivity index (χ3v) is 5.34. The van der Waals surface area contributed by atoms with Crippen LogP contribution in [0.4, 0.5) is 0 Å². The van der Waals surface area contributed by atoms with Crippen LogP contribution in [-0.4, -0.2) is 16.0 Å². The zero-order chi connectivity index (χ0) is 21.8. The van der Waals surface area contributed by atoms with Crippen molar-refractivity contribution in [2.45, 2.75) is 32.9 Å². The third-order valence-electron chi connectivity index (χ3n) is 5.09. The van der Waals surface area contributed by atoms with E-state index in [9.17, 15) is 4.79 Å². The molecule has 1 amide bonds. The first kappa shape index (κ1) is 20.9. The fraction of sp³-hybridized carbons (Fsp3) is 0.200. The van der Waals surface area contributed by atoms with Gasteiger partial charge in [0, 0.05) is 23.2 Å². The van der Waals surface area contributed by atoms with Gasteiger partial charge in [-0.05, 0) is 53.4 Å². The Morgan fingerprint density at radius 2 is 1.77 bits per heavy atom. The molecule has 0 saturated carbocycles. The monoisotopic (exact) mass is 434 g/mol. The van der Waals surface area contributed by atoms with Crippen LogP contribution in [0, 0.1) is 0 Å². The molecular formula is C25H23ClN2O3. The van der Waals surface area contributed by atoms with Gasteiger partial charge >= 0.3 is 0 Å². The van der Waals surface area contributed by atoms with Crippen molar-refractivity contribution in [1.82, 2.24) is 10.1 Å². The van der Waals surface area contributed by atoms with Gasteiger partial charge in [0.25, 0.3) is 5.91 Å². The van der Waals surface area contributed by atoms with Crippen molar-refractivity contribution in [3.05, 3.63) is 101 Å². The van der Waals surface area contributed by atoms with E-state index in [4.69, 9.17) is 20.5 Å². The molecule has 0 atom stereocenters. The molecule has 0 aliphatic rings. The number of furan rings is 1. The number of nitrogens with zero attached hydrogens (tertiary/aromatic N) is 2. The van der Waals surface area contributed by atoms with Crippen LogP contribution < -0.4 is 0 Å². The summed E-state index contributed by atoms with van der Waals surface area (Å²) in [6.07, 6.45) is 1.60. The predicted molar refractivity (Wildman–Crippen MR) is 120 cm³/mol. The minimum Gasteiger partial charge on any atom is -0.467 e. The molecule has 0 fully saturated rings. The molecule has 0 radical (unpaired) electrons. The Labute approximate surface area is 186 Å². The lowest BCUT2D eigenvalue weighted by Gasteiger charge is -2.21. The van der Waals surface area contributed by atoms with E-state index in [-0.39, 0.29) is 11.6 Å². The maximum Gasteiger partial charge on any atom is 0.276 e. The highest BCUT2D eigenvalue weighted by atomic mass is 35.5.